The Labute approximate surface area is 190 Å². The summed E-state index contributed by atoms with van der Waals surface area (Å²) in [5.74, 6) is 0.0176. The third-order valence-corrected chi connectivity index (χ3v) is 6.16. The van der Waals surface area contributed by atoms with Gasteiger partial charge in [-0.2, -0.15) is 0 Å². The summed E-state index contributed by atoms with van der Waals surface area (Å²) in [5.41, 5.74) is 3.91. The number of hydrogen-bond acceptors (Lipinski definition) is 5. The zero-order chi connectivity index (χ0) is 22.1. The summed E-state index contributed by atoms with van der Waals surface area (Å²) in [6.07, 6.45) is 3.57. The molecule has 164 valence electrons. The fraction of sp³-hybridized carbons (Fsp3) is 0.292. The zero-order valence-corrected chi connectivity index (χ0v) is 18.1. The maximum Gasteiger partial charge on any atom is 0.254 e. The summed E-state index contributed by atoms with van der Waals surface area (Å²) in [6, 6.07) is 12.6. The largest absolute Gasteiger partial charge is 0.381 e. The third-order valence-electron chi connectivity index (χ3n) is 5.85. The van der Waals surface area contributed by atoms with Crippen LogP contribution in [0.25, 0.3) is 11.3 Å². The molecule has 0 saturated carbocycles. The lowest BCUT2D eigenvalue weighted by Gasteiger charge is -2.23. The van der Waals surface area contributed by atoms with Crippen molar-refractivity contribution in [2.75, 3.05) is 18.5 Å². The number of rotatable bonds is 5. The van der Waals surface area contributed by atoms with Gasteiger partial charge in [0.05, 0.1) is 10.7 Å². The Kier molecular flexibility index (Phi) is 5.76. The second kappa shape index (κ2) is 8.84. The van der Waals surface area contributed by atoms with Crippen molar-refractivity contribution in [1.82, 2.24) is 14.9 Å². The first-order valence-corrected chi connectivity index (χ1v) is 11.0. The van der Waals surface area contributed by atoms with Crippen LogP contribution in [0.3, 0.4) is 0 Å². The number of benzene rings is 2. The number of hydrogen-bond donors (Lipinski definition) is 1. The second-order valence-corrected chi connectivity index (χ2v) is 8.49. The summed E-state index contributed by atoms with van der Waals surface area (Å²) in [5, 5.41) is 3.45. The highest BCUT2D eigenvalue weighted by atomic mass is 35.5. The molecule has 2 aliphatic heterocycles. The molecule has 1 aromatic heterocycles. The molecule has 32 heavy (non-hydrogen) atoms. The maximum absolute atomic E-state index is 13.8. The molecule has 0 unspecified atom stereocenters. The summed E-state index contributed by atoms with van der Waals surface area (Å²) in [4.78, 5) is 23.7. The van der Waals surface area contributed by atoms with Gasteiger partial charge in [-0.1, -0.05) is 29.8 Å². The minimum atomic E-state index is -0.482. The van der Waals surface area contributed by atoms with Crippen molar-refractivity contribution in [1.29, 1.82) is 0 Å². The van der Waals surface area contributed by atoms with Crippen LogP contribution in [0, 0.1) is 5.82 Å². The predicted molar refractivity (Wildman–Crippen MR) is 120 cm³/mol. The van der Waals surface area contributed by atoms with Gasteiger partial charge in [0, 0.05) is 49.7 Å². The molecule has 2 aromatic carbocycles. The van der Waals surface area contributed by atoms with Crippen LogP contribution in [-0.2, 0) is 17.8 Å². The van der Waals surface area contributed by atoms with Crippen molar-refractivity contribution < 1.29 is 13.9 Å². The first kappa shape index (κ1) is 20.8. The standard InChI is InChI=1S/C24H22ClFN4O2/c25-20-4-1-15(11-21(20)26)13-30-14-17-3-2-16(12-19(17)23(30)31)22-5-8-27-24(29-22)28-18-6-9-32-10-7-18/h1-5,8,11-12,18H,6-7,9-10,13-14H2,(H,27,28,29). The fourth-order valence-electron chi connectivity index (χ4n) is 4.12. The second-order valence-electron chi connectivity index (χ2n) is 8.08. The van der Waals surface area contributed by atoms with Gasteiger partial charge in [0.1, 0.15) is 5.82 Å². The van der Waals surface area contributed by atoms with Crippen molar-refractivity contribution in [3.05, 3.63) is 76.2 Å². The van der Waals surface area contributed by atoms with Gasteiger partial charge in [-0.3, -0.25) is 4.79 Å². The van der Waals surface area contributed by atoms with Gasteiger partial charge in [0.25, 0.3) is 5.91 Å². The number of aromatic nitrogens is 2. The van der Waals surface area contributed by atoms with E-state index < -0.39 is 5.82 Å². The molecule has 0 bridgehead atoms. The van der Waals surface area contributed by atoms with Crippen molar-refractivity contribution in [2.24, 2.45) is 0 Å². The summed E-state index contributed by atoms with van der Waals surface area (Å²) >= 11 is 5.76. The normalized spacial score (nSPS) is 16.3. The number of nitrogens with zero attached hydrogens (tertiary/aromatic N) is 3. The van der Waals surface area contributed by atoms with Crippen LogP contribution in [-0.4, -0.2) is 40.0 Å². The van der Waals surface area contributed by atoms with Crippen LogP contribution in [0.2, 0.25) is 5.02 Å². The van der Waals surface area contributed by atoms with Crippen LogP contribution < -0.4 is 5.32 Å². The lowest BCUT2D eigenvalue weighted by atomic mass is 10.0. The molecular weight excluding hydrogens is 431 g/mol. The fourth-order valence-corrected chi connectivity index (χ4v) is 4.24. The molecule has 8 heteroatoms. The molecule has 1 saturated heterocycles. The molecule has 1 fully saturated rings. The van der Waals surface area contributed by atoms with Crippen molar-refractivity contribution in [2.45, 2.75) is 32.0 Å². The average molecular weight is 453 g/mol. The minimum absolute atomic E-state index is 0.0740. The van der Waals surface area contributed by atoms with Crippen LogP contribution in [0.4, 0.5) is 10.3 Å². The van der Waals surface area contributed by atoms with Gasteiger partial charge < -0.3 is 15.0 Å². The smallest absolute Gasteiger partial charge is 0.254 e. The van der Waals surface area contributed by atoms with E-state index in [1.54, 1.807) is 17.2 Å². The topological polar surface area (TPSA) is 67.3 Å². The van der Waals surface area contributed by atoms with E-state index in [1.807, 2.05) is 24.3 Å². The van der Waals surface area contributed by atoms with Crippen molar-refractivity contribution in [3.63, 3.8) is 0 Å². The number of amides is 1. The highest BCUT2D eigenvalue weighted by Crippen LogP contribution is 2.29. The molecule has 0 aliphatic carbocycles. The molecule has 0 radical (unpaired) electrons. The molecule has 0 atom stereocenters. The number of fused-ring (bicyclic) bond motifs is 1. The Balaban J connectivity index is 1.33. The van der Waals surface area contributed by atoms with Crippen LogP contribution >= 0.6 is 11.6 Å². The molecule has 5 rings (SSSR count). The van der Waals surface area contributed by atoms with Gasteiger partial charge in [0.2, 0.25) is 5.95 Å². The quantitative estimate of drug-likeness (QED) is 0.608. The number of nitrogens with one attached hydrogen (secondary N) is 1. The Morgan fingerprint density at radius 3 is 2.81 bits per heavy atom. The Morgan fingerprint density at radius 1 is 1.16 bits per heavy atom. The van der Waals surface area contributed by atoms with E-state index in [4.69, 9.17) is 16.3 Å². The first-order chi connectivity index (χ1) is 15.6. The van der Waals surface area contributed by atoms with Gasteiger partial charge in [-0.15, -0.1) is 0 Å². The van der Waals surface area contributed by atoms with Crippen molar-refractivity contribution in [3.8, 4) is 11.3 Å². The number of carbonyl (C=O) groups is 1. The van der Waals surface area contributed by atoms with Crippen LogP contribution in [0.5, 0.6) is 0 Å². The number of anilines is 1. The van der Waals surface area contributed by atoms with Crippen LogP contribution in [0.1, 0.15) is 34.3 Å². The van der Waals surface area contributed by atoms with E-state index >= 15 is 0 Å². The molecule has 6 nitrogen and oxygen atoms in total. The summed E-state index contributed by atoms with van der Waals surface area (Å²) in [6.45, 7) is 2.29. The SMILES string of the molecule is O=C1c2cc(-c3ccnc(NC4CCOCC4)n3)ccc2CN1Cc1ccc(Cl)c(F)c1. The van der Waals surface area contributed by atoms with E-state index in [2.05, 4.69) is 15.3 Å². The average Bonchev–Trinajstić information content (AvgIpc) is 3.12. The molecule has 2 aliphatic rings. The molecule has 1 amide bonds. The Morgan fingerprint density at radius 2 is 2.00 bits per heavy atom. The molecule has 3 aromatic rings. The molecule has 0 spiro atoms. The van der Waals surface area contributed by atoms with Gasteiger partial charge in [0.15, 0.2) is 0 Å². The summed E-state index contributed by atoms with van der Waals surface area (Å²) in [7, 11) is 0. The molecule has 3 heterocycles. The minimum Gasteiger partial charge on any atom is -0.381 e. The maximum atomic E-state index is 13.8. The third kappa shape index (κ3) is 4.31. The van der Waals surface area contributed by atoms with Gasteiger partial charge in [-0.25, -0.2) is 14.4 Å². The number of ether oxygens (including phenoxy) is 1. The summed E-state index contributed by atoms with van der Waals surface area (Å²) < 4.78 is 19.2. The van der Waals surface area contributed by atoms with E-state index in [-0.39, 0.29) is 10.9 Å². The number of carbonyl (C=O) groups excluding carboxylic acids is 1. The lowest BCUT2D eigenvalue weighted by Crippen LogP contribution is -2.28. The monoisotopic (exact) mass is 452 g/mol. The predicted octanol–water partition coefficient (Wildman–Crippen LogP) is 4.68. The van der Waals surface area contributed by atoms with Crippen LogP contribution in [0.15, 0.2) is 48.7 Å². The first-order valence-electron chi connectivity index (χ1n) is 10.6. The highest BCUT2D eigenvalue weighted by Gasteiger charge is 2.28. The highest BCUT2D eigenvalue weighted by molar-refractivity contribution is 6.30. The van der Waals surface area contributed by atoms with E-state index in [0.717, 1.165) is 42.9 Å². The lowest BCUT2D eigenvalue weighted by molar-refractivity contribution is 0.0766. The van der Waals surface area contributed by atoms with E-state index in [9.17, 15) is 9.18 Å². The van der Waals surface area contributed by atoms with E-state index in [0.29, 0.717) is 36.2 Å². The number of halogens is 2. The Hall–Kier alpha value is -3.03. The Bertz CT molecular complexity index is 1170. The van der Waals surface area contributed by atoms with Gasteiger partial charge in [-0.05, 0) is 48.2 Å². The zero-order valence-electron chi connectivity index (χ0n) is 17.4. The van der Waals surface area contributed by atoms with Gasteiger partial charge >= 0.3 is 0 Å². The molecular formula is C24H22ClFN4O2. The van der Waals surface area contributed by atoms with E-state index in [1.165, 1.54) is 12.1 Å². The van der Waals surface area contributed by atoms with Crippen molar-refractivity contribution >= 4 is 23.5 Å². The molecule has 1 N–H and O–H groups in total.